The van der Waals surface area contributed by atoms with E-state index in [0.717, 1.165) is 18.4 Å². The largest absolute Gasteiger partial charge is 0.496 e. The van der Waals surface area contributed by atoms with Crippen molar-refractivity contribution in [3.05, 3.63) is 59.2 Å². The highest BCUT2D eigenvalue weighted by atomic mass is 32.2. The average Bonchev–Trinajstić information content (AvgIpc) is 2.97. The second kappa shape index (κ2) is 12.7. The van der Waals surface area contributed by atoms with Crippen molar-refractivity contribution in [2.24, 2.45) is 0 Å². The van der Waals surface area contributed by atoms with Gasteiger partial charge in [-0.1, -0.05) is 57.0 Å². The summed E-state index contributed by atoms with van der Waals surface area (Å²) in [6.45, 7) is 4.15. The summed E-state index contributed by atoms with van der Waals surface area (Å²) in [6, 6.07) is 11.8. The Morgan fingerprint density at radius 3 is 2.34 bits per heavy atom. The van der Waals surface area contributed by atoms with Crippen LogP contribution in [0.3, 0.4) is 0 Å². The van der Waals surface area contributed by atoms with Gasteiger partial charge in [0.25, 0.3) is 0 Å². The topological polar surface area (TPSA) is 142 Å². The third-order valence-corrected chi connectivity index (χ3v) is 9.17. The summed E-state index contributed by atoms with van der Waals surface area (Å²) < 4.78 is 33.5. The van der Waals surface area contributed by atoms with E-state index in [1.54, 1.807) is 12.1 Å². The van der Waals surface area contributed by atoms with Crippen molar-refractivity contribution in [1.29, 1.82) is 0 Å². The number of sulfone groups is 1. The maximum Gasteiger partial charge on any atom is 0.304 e. The molecule has 1 aliphatic rings. The molecule has 1 aliphatic heterocycles. The molecule has 2 atom stereocenters. The number of hydrogen-bond acceptors (Lipinski definition) is 7. The van der Waals surface area contributed by atoms with Gasteiger partial charge in [-0.25, -0.2) is 8.42 Å². The first-order valence-electron chi connectivity index (χ1n) is 13.0. The number of fused-ring (bicyclic) bond motifs is 1. The molecule has 9 nitrogen and oxygen atoms in total. The molecule has 2 aromatic rings. The van der Waals surface area contributed by atoms with E-state index in [4.69, 9.17) is 4.74 Å². The lowest BCUT2D eigenvalue weighted by Gasteiger charge is -2.36. The molecule has 2 aromatic carbocycles. The van der Waals surface area contributed by atoms with E-state index < -0.39 is 33.4 Å². The standard InChI is InChI=1S/C28H38N2O7S/c1-4-6-12-28(5-2)18-38(35,36)24-13-20(17-29-21(14-25(31)32)15-26(33)34)23(37-3)16-22(24)27(30-28)19-10-8-7-9-11-19/h7-11,13,16,21,27,29-30H,4-6,12,14-15,17-18H2,1-3H3,(H,31,32)(H,33,34)/t27-,28-/m0/s1. The Morgan fingerprint density at radius 2 is 1.79 bits per heavy atom. The van der Waals surface area contributed by atoms with Crippen LogP contribution in [0.25, 0.3) is 0 Å². The Kier molecular flexibility index (Phi) is 9.92. The normalized spacial score (nSPS) is 20.5. The van der Waals surface area contributed by atoms with Crippen molar-refractivity contribution in [1.82, 2.24) is 10.6 Å². The SMILES string of the molecule is CCCC[C@@]1(CC)CS(=O)(=O)c2cc(CNC(CC(=O)O)CC(=O)O)c(OC)cc2[C@H](c2ccccc2)N1. The molecule has 0 fully saturated rings. The van der Waals surface area contributed by atoms with Crippen LogP contribution in [0.15, 0.2) is 47.4 Å². The van der Waals surface area contributed by atoms with Gasteiger partial charge >= 0.3 is 11.9 Å². The molecule has 0 saturated carbocycles. The monoisotopic (exact) mass is 546 g/mol. The molecular weight excluding hydrogens is 508 g/mol. The quantitative estimate of drug-likeness (QED) is 0.294. The van der Waals surface area contributed by atoms with Crippen LogP contribution in [-0.2, 0) is 26.0 Å². The molecule has 38 heavy (non-hydrogen) atoms. The third kappa shape index (κ3) is 7.12. The predicted molar refractivity (Wildman–Crippen MR) is 144 cm³/mol. The van der Waals surface area contributed by atoms with Crippen molar-refractivity contribution in [2.45, 2.75) is 81.4 Å². The van der Waals surface area contributed by atoms with Crippen molar-refractivity contribution < 1.29 is 33.0 Å². The lowest BCUT2D eigenvalue weighted by molar-refractivity contribution is -0.139. The van der Waals surface area contributed by atoms with Crippen molar-refractivity contribution in [3.63, 3.8) is 0 Å². The smallest absolute Gasteiger partial charge is 0.304 e. The van der Waals surface area contributed by atoms with Gasteiger partial charge in [0.05, 0.1) is 36.6 Å². The second-order valence-corrected chi connectivity index (χ2v) is 11.9. The highest BCUT2D eigenvalue weighted by molar-refractivity contribution is 7.91. The fraction of sp³-hybridized carbons (Fsp3) is 0.500. The zero-order valence-electron chi connectivity index (χ0n) is 22.2. The van der Waals surface area contributed by atoms with E-state index in [0.29, 0.717) is 29.7 Å². The van der Waals surface area contributed by atoms with Gasteiger partial charge in [0, 0.05) is 23.7 Å². The molecule has 0 bridgehead atoms. The van der Waals surface area contributed by atoms with Crippen molar-refractivity contribution in [3.8, 4) is 5.75 Å². The van der Waals surface area contributed by atoms with Crippen LogP contribution >= 0.6 is 0 Å². The van der Waals surface area contributed by atoms with E-state index in [9.17, 15) is 28.2 Å². The third-order valence-electron chi connectivity index (χ3n) is 7.22. The van der Waals surface area contributed by atoms with E-state index in [1.807, 2.05) is 37.3 Å². The van der Waals surface area contributed by atoms with E-state index in [1.165, 1.54) is 7.11 Å². The van der Waals surface area contributed by atoms with E-state index in [-0.39, 0.29) is 36.1 Å². The minimum absolute atomic E-state index is 0.0489. The Labute approximate surface area is 224 Å². The number of benzene rings is 2. The lowest BCUT2D eigenvalue weighted by atomic mass is 9.88. The fourth-order valence-corrected chi connectivity index (χ4v) is 7.32. The molecule has 0 aliphatic carbocycles. The van der Waals surface area contributed by atoms with Crippen LogP contribution in [0.5, 0.6) is 5.75 Å². The molecular formula is C28H38N2O7S. The van der Waals surface area contributed by atoms with Gasteiger partial charge in [0.2, 0.25) is 0 Å². The zero-order chi connectivity index (χ0) is 27.9. The minimum Gasteiger partial charge on any atom is -0.496 e. The van der Waals surface area contributed by atoms with Crippen LogP contribution < -0.4 is 15.4 Å². The summed E-state index contributed by atoms with van der Waals surface area (Å²) >= 11 is 0. The van der Waals surface area contributed by atoms with E-state index >= 15 is 0 Å². The molecule has 0 unspecified atom stereocenters. The lowest BCUT2D eigenvalue weighted by Crippen LogP contribution is -2.50. The number of unbranched alkanes of at least 4 members (excludes halogenated alkanes) is 1. The second-order valence-electron chi connectivity index (χ2n) is 9.96. The molecule has 0 amide bonds. The summed E-state index contributed by atoms with van der Waals surface area (Å²) in [7, 11) is -2.24. The Bertz CT molecular complexity index is 1220. The highest BCUT2D eigenvalue weighted by Crippen LogP contribution is 2.40. The summed E-state index contributed by atoms with van der Waals surface area (Å²) in [5.74, 6) is -1.86. The molecule has 208 valence electrons. The number of carbonyl (C=O) groups is 2. The van der Waals surface area contributed by atoms with Gasteiger partial charge in [-0.05, 0) is 36.1 Å². The molecule has 0 saturated heterocycles. The number of hydrogen-bond donors (Lipinski definition) is 4. The minimum atomic E-state index is -3.73. The summed E-state index contributed by atoms with van der Waals surface area (Å²) in [5.41, 5.74) is 1.43. The molecule has 4 N–H and O–H groups in total. The van der Waals surface area contributed by atoms with Crippen LogP contribution in [0.1, 0.15) is 75.1 Å². The fourth-order valence-electron chi connectivity index (χ4n) is 5.15. The van der Waals surface area contributed by atoms with Gasteiger partial charge < -0.3 is 20.3 Å². The number of aliphatic carboxylic acids is 2. The molecule has 1 heterocycles. The number of carboxylic acids is 2. The van der Waals surface area contributed by atoms with Gasteiger partial charge in [-0.3, -0.25) is 14.9 Å². The first-order chi connectivity index (χ1) is 18.0. The number of carboxylic acid groups (broad SMARTS) is 2. The first-order valence-corrected chi connectivity index (χ1v) is 14.6. The number of ether oxygens (including phenoxy) is 1. The van der Waals surface area contributed by atoms with E-state index in [2.05, 4.69) is 17.6 Å². The molecule has 0 spiro atoms. The summed E-state index contributed by atoms with van der Waals surface area (Å²) in [4.78, 5) is 22.7. The zero-order valence-corrected chi connectivity index (χ0v) is 23.0. The first kappa shape index (κ1) is 29.6. The number of methoxy groups -OCH3 is 1. The highest BCUT2D eigenvalue weighted by Gasteiger charge is 2.42. The molecule has 3 rings (SSSR count). The predicted octanol–water partition coefficient (Wildman–Crippen LogP) is 3.91. The molecule has 10 heteroatoms. The number of rotatable bonds is 13. The van der Waals surface area contributed by atoms with Crippen LogP contribution in [0, 0.1) is 0 Å². The number of nitrogens with one attached hydrogen (secondary N) is 2. The molecule has 0 radical (unpaired) electrons. The van der Waals surface area contributed by atoms with Gasteiger partial charge in [0.1, 0.15) is 5.75 Å². The Hall–Kier alpha value is -2.95. The summed E-state index contributed by atoms with van der Waals surface area (Å²) in [6.07, 6.45) is 2.43. The molecule has 0 aromatic heterocycles. The van der Waals surface area contributed by atoms with Crippen molar-refractivity contribution >= 4 is 21.8 Å². The van der Waals surface area contributed by atoms with Crippen LogP contribution in [0.4, 0.5) is 0 Å². The Morgan fingerprint density at radius 1 is 1.13 bits per heavy atom. The van der Waals surface area contributed by atoms with Crippen molar-refractivity contribution in [2.75, 3.05) is 12.9 Å². The van der Waals surface area contributed by atoms with Gasteiger partial charge in [-0.2, -0.15) is 0 Å². The maximum absolute atomic E-state index is 13.9. The van der Waals surface area contributed by atoms with Gasteiger partial charge in [-0.15, -0.1) is 0 Å². The van der Waals surface area contributed by atoms with Crippen LogP contribution in [-0.4, -0.2) is 55.0 Å². The summed E-state index contributed by atoms with van der Waals surface area (Å²) in [5, 5.41) is 25.1. The average molecular weight is 547 g/mol. The Balaban J connectivity index is 2.12. The van der Waals surface area contributed by atoms with Crippen LogP contribution in [0.2, 0.25) is 0 Å². The van der Waals surface area contributed by atoms with Gasteiger partial charge in [0.15, 0.2) is 9.84 Å². The maximum atomic E-state index is 13.9.